The molecule has 0 aromatic carbocycles. The summed E-state index contributed by atoms with van der Waals surface area (Å²) in [6.45, 7) is 0.615. The van der Waals surface area contributed by atoms with Gasteiger partial charge in [-0.15, -0.1) is 0 Å². The van der Waals surface area contributed by atoms with Gasteiger partial charge in [-0.25, -0.2) is 0 Å². The largest absolute Gasteiger partial charge is 0.468 e. The Hall–Kier alpha value is -0.710. The zero-order chi connectivity index (χ0) is 8.27. The molecule has 0 aromatic heterocycles. The Balaban J connectivity index is 2.48. The lowest BCUT2D eigenvalue weighted by molar-refractivity contribution is -0.139. The van der Waals surface area contributed by atoms with Crippen molar-refractivity contribution in [2.45, 2.75) is 5.25 Å². The van der Waals surface area contributed by atoms with Crippen molar-refractivity contribution in [1.29, 1.82) is 0 Å². The van der Waals surface area contributed by atoms with Gasteiger partial charge in [0.2, 0.25) is 0 Å². The maximum Gasteiger partial charge on any atom is 0.321 e. The Morgan fingerprint density at radius 2 is 2.64 bits per heavy atom. The average molecular weight is 174 g/mol. The third-order valence-corrected chi connectivity index (χ3v) is 2.55. The molecule has 5 heteroatoms. The van der Waals surface area contributed by atoms with Crippen LogP contribution in [-0.2, 0) is 9.53 Å². The topological polar surface area (TPSA) is 50.7 Å². The van der Waals surface area contributed by atoms with E-state index in [1.54, 1.807) is 7.05 Å². The first-order valence-corrected chi connectivity index (χ1v) is 4.11. The van der Waals surface area contributed by atoms with Gasteiger partial charge in [0, 0.05) is 13.6 Å². The fraction of sp³-hybridized carbons (Fsp3) is 0.667. The Kier molecular flexibility index (Phi) is 2.76. The lowest BCUT2D eigenvalue weighted by atomic mass is 10.4. The van der Waals surface area contributed by atoms with Gasteiger partial charge in [0.05, 0.1) is 7.11 Å². The maximum absolute atomic E-state index is 10.9. The molecule has 1 heterocycles. The highest BCUT2D eigenvalue weighted by atomic mass is 32.2. The van der Waals surface area contributed by atoms with Crippen LogP contribution in [0.15, 0.2) is 4.99 Å². The lowest BCUT2D eigenvalue weighted by Gasteiger charge is -2.01. The summed E-state index contributed by atoms with van der Waals surface area (Å²) in [4.78, 5) is 14.9. The van der Waals surface area contributed by atoms with E-state index in [2.05, 4.69) is 15.0 Å². The normalized spacial score (nSPS) is 26.7. The lowest BCUT2D eigenvalue weighted by Crippen LogP contribution is -2.23. The number of hydrogen-bond acceptors (Lipinski definition) is 4. The summed E-state index contributed by atoms with van der Waals surface area (Å²) in [6.07, 6.45) is 0. The van der Waals surface area contributed by atoms with E-state index in [0.29, 0.717) is 6.54 Å². The van der Waals surface area contributed by atoms with Gasteiger partial charge in [-0.05, 0) is 0 Å². The van der Waals surface area contributed by atoms with Gasteiger partial charge in [-0.3, -0.25) is 9.79 Å². The highest BCUT2D eigenvalue weighted by molar-refractivity contribution is 8.15. The second-order valence-corrected chi connectivity index (χ2v) is 3.23. The molecule has 0 amide bonds. The van der Waals surface area contributed by atoms with Crippen LogP contribution in [0.3, 0.4) is 0 Å². The molecule has 1 fully saturated rings. The first-order chi connectivity index (χ1) is 5.27. The maximum atomic E-state index is 10.9. The number of methoxy groups -OCH3 is 1. The molecule has 0 bridgehead atoms. The van der Waals surface area contributed by atoms with Crippen LogP contribution in [-0.4, -0.2) is 37.1 Å². The van der Waals surface area contributed by atoms with Crippen molar-refractivity contribution in [1.82, 2.24) is 5.32 Å². The molecule has 62 valence electrons. The van der Waals surface area contributed by atoms with Crippen LogP contribution in [0.2, 0.25) is 0 Å². The highest BCUT2D eigenvalue weighted by Gasteiger charge is 2.27. The van der Waals surface area contributed by atoms with Gasteiger partial charge in [-0.1, -0.05) is 11.8 Å². The number of nitrogens with one attached hydrogen (secondary N) is 1. The van der Waals surface area contributed by atoms with Crippen LogP contribution in [0.5, 0.6) is 0 Å². The molecule has 0 saturated carbocycles. The molecule has 4 nitrogen and oxygen atoms in total. The molecule has 1 unspecified atom stereocenters. The number of esters is 1. The summed E-state index contributed by atoms with van der Waals surface area (Å²) in [5.41, 5.74) is 0. The minimum absolute atomic E-state index is 0.126. The quantitative estimate of drug-likeness (QED) is 0.562. The Bertz CT molecular complexity index is 193. The third kappa shape index (κ3) is 1.86. The molecule has 1 saturated heterocycles. The second-order valence-electron chi connectivity index (χ2n) is 2.04. The smallest absolute Gasteiger partial charge is 0.321 e. The van der Waals surface area contributed by atoms with Gasteiger partial charge < -0.3 is 10.1 Å². The summed E-state index contributed by atoms with van der Waals surface area (Å²) < 4.78 is 4.57. The molecule has 0 aromatic rings. The van der Waals surface area contributed by atoms with Crippen molar-refractivity contribution in [3.05, 3.63) is 0 Å². The van der Waals surface area contributed by atoms with E-state index in [9.17, 15) is 4.79 Å². The van der Waals surface area contributed by atoms with E-state index < -0.39 is 0 Å². The van der Waals surface area contributed by atoms with Crippen molar-refractivity contribution in [3.63, 3.8) is 0 Å². The van der Waals surface area contributed by atoms with Crippen molar-refractivity contribution in [3.8, 4) is 0 Å². The molecule has 0 radical (unpaired) electrons. The SMILES string of the molecule is CN=C1NCC(C(=O)OC)S1. The minimum atomic E-state index is -0.193. The molecule has 0 aliphatic carbocycles. The summed E-state index contributed by atoms with van der Waals surface area (Å²) in [5.74, 6) is -0.193. The molecule has 11 heavy (non-hydrogen) atoms. The Morgan fingerprint density at radius 3 is 3.09 bits per heavy atom. The Morgan fingerprint density at radius 1 is 1.91 bits per heavy atom. The molecule has 1 rings (SSSR count). The van der Waals surface area contributed by atoms with Crippen LogP contribution < -0.4 is 5.32 Å². The number of thioether (sulfide) groups is 1. The average Bonchev–Trinajstić information content (AvgIpc) is 2.50. The van der Waals surface area contributed by atoms with Crippen molar-refractivity contribution >= 4 is 22.9 Å². The van der Waals surface area contributed by atoms with Gasteiger partial charge in [0.15, 0.2) is 5.17 Å². The van der Waals surface area contributed by atoms with Gasteiger partial charge in [0.25, 0.3) is 0 Å². The van der Waals surface area contributed by atoms with E-state index in [1.807, 2.05) is 0 Å². The monoisotopic (exact) mass is 174 g/mol. The van der Waals surface area contributed by atoms with Crippen LogP contribution >= 0.6 is 11.8 Å². The predicted molar refractivity (Wildman–Crippen MR) is 44.8 cm³/mol. The standard InChI is InChI=1S/C6H10N2O2S/c1-7-6-8-3-4(11-6)5(9)10-2/h4H,3H2,1-2H3,(H,7,8). The van der Waals surface area contributed by atoms with Gasteiger partial charge in [-0.2, -0.15) is 0 Å². The van der Waals surface area contributed by atoms with E-state index in [4.69, 9.17) is 0 Å². The third-order valence-electron chi connectivity index (χ3n) is 1.36. The van der Waals surface area contributed by atoms with Crippen LogP contribution in [0.4, 0.5) is 0 Å². The molecule has 1 aliphatic rings. The molecular weight excluding hydrogens is 164 g/mol. The van der Waals surface area contributed by atoms with Crippen LogP contribution in [0, 0.1) is 0 Å². The second kappa shape index (κ2) is 3.61. The highest BCUT2D eigenvalue weighted by Crippen LogP contribution is 2.18. The zero-order valence-electron chi connectivity index (χ0n) is 6.46. The molecule has 0 spiro atoms. The van der Waals surface area contributed by atoms with Crippen molar-refractivity contribution in [2.24, 2.45) is 4.99 Å². The molecular formula is C6H10N2O2S. The number of ether oxygens (including phenoxy) is 1. The number of aliphatic imine (C=N–C) groups is 1. The minimum Gasteiger partial charge on any atom is -0.468 e. The molecule has 1 N–H and O–H groups in total. The first-order valence-electron chi connectivity index (χ1n) is 3.23. The van der Waals surface area contributed by atoms with Gasteiger partial charge >= 0.3 is 5.97 Å². The van der Waals surface area contributed by atoms with Crippen LogP contribution in [0.1, 0.15) is 0 Å². The van der Waals surface area contributed by atoms with Gasteiger partial charge in [0.1, 0.15) is 5.25 Å². The van der Waals surface area contributed by atoms with Crippen LogP contribution in [0.25, 0.3) is 0 Å². The predicted octanol–water partition coefficient (Wildman–Crippen LogP) is -0.150. The van der Waals surface area contributed by atoms with Crippen molar-refractivity contribution in [2.75, 3.05) is 20.7 Å². The first kappa shape index (κ1) is 8.39. The van der Waals surface area contributed by atoms with Crippen molar-refractivity contribution < 1.29 is 9.53 Å². The van der Waals surface area contributed by atoms with E-state index >= 15 is 0 Å². The summed E-state index contributed by atoms with van der Waals surface area (Å²) in [6, 6.07) is 0. The number of carbonyl (C=O) groups excluding carboxylic acids is 1. The number of rotatable bonds is 1. The summed E-state index contributed by atoms with van der Waals surface area (Å²) >= 11 is 1.41. The number of hydrogen-bond donors (Lipinski definition) is 1. The molecule has 1 atom stereocenters. The van der Waals surface area contributed by atoms with E-state index in [-0.39, 0.29) is 11.2 Å². The van der Waals surface area contributed by atoms with E-state index in [1.165, 1.54) is 18.9 Å². The molecule has 1 aliphatic heterocycles. The fourth-order valence-corrected chi connectivity index (χ4v) is 1.69. The number of carbonyl (C=O) groups is 1. The summed E-state index contributed by atoms with van der Waals surface area (Å²) in [5, 5.41) is 3.66. The fourth-order valence-electron chi connectivity index (χ4n) is 0.793. The number of amidine groups is 1. The van der Waals surface area contributed by atoms with E-state index in [0.717, 1.165) is 5.17 Å². The zero-order valence-corrected chi connectivity index (χ0v) is 7.27. The Labute approximate surface area is 69.4 Å². The summed E-state index contributed by atoms with van der Waals surface area (Å²) in [7, 11) is 3.08. The number of nitrogens with zero attached hydrogens (tertiary/aromatic N) is 1.